The molecule has 0 aliphatic carbocycles. The molecular formula is C20H18FNO4S. The minimum absolute atomic E-state index is 0.0856. The van der Waals surface area contributed by atoms with E-state index in [-0.39, 0.29) is 28.5 Å². The highest BCUT2D eigenvalue weighted by Crippen LogP contribution is 2.30. The van der Waals surface area contributed by atoms with Gasteiger partial charge in [0.2, 0.25) is 0 Å². The Hall–Kier alpha value is -2.93. The number of ether oxygens (including phenoxy) is 1. The van der Waals surface area contributed by atoms with Gasteiger partial charge in [-0.2, -0.15) is 0 Å². The smallest absolute Gasteiger partial charge is 0.340 e. The third-order valence-corrected chi connectivity index (χ3v) is 5.93. The number of carbonyl (C=O) groups excluding carboxylic acids is 1. The molecule has 0 saturated heterocycles. The van der Waals surface area contributed by atoms with Gasteiger partial charge in [-0.25, -0.2) is 21.6 Å². The monoisotopic (exact) mass is 387 g/mol. The van der Waals surface area contributed by atoms with Crippen molar-refractivity contribution in [3.63, 3.8) is 0 Å². The number of halogens is 1. The van der Waals surface area contributed by atoms with Gasteiger partial charge in [0.15, 0.2) is 0 Å². The van der Waals surface area contributed by atoms with Crippen molar-refractivity contribution in [2.75, 3.05) is 6.61 Å². The average molecular weight is 387 g/mol. The third-order valence-electron chi connectivity index (χ3n) is 4.11. The molecule has 0 unspecified atom stereocenters. The lowest BCUT2D eigenvalue weighted by Gasteiger charge is -2.13. The van der Waals surface area contributed by atoms with E-state index in [2.05, 4.69) is 0 Å². The molecule has 140 valence electrons. The van der Waals surface area contributed by atoms with E-state index in [1.807, 2.05) is 0 Å². The van der Waals surface area contributed by atoms with Crippen LogP contribution in [0.25, 0.3) is 11.3 Å². The summed E-state index contributed by atoms with van der Waals surface area (Å²) in [4.78, 5) is 12.4. The topological polar surface area (TPSA) is 65.4 Å². The van der Waals surface area contributed by atoms with Crippen molar-refractivity contribution in [2.45, 2.75) is 18.7 Å². The van der Waals surface area contributed by atoms with Crippen LogP contribution in [0.15, 0.2) is 65.6 Å². The molecule has 1 aromatic heterocycles. The fourth-order valence-corrected chi connectivity index (χ4v) is 4.42. The van der Waals surface area contributed by atoms with Gasteiger partial charge in [0, 0.05) is 5.69 Å². The van der Waals surface area contributed by atoms with Crippen LogP contribution in [0.1, 0.15) is 23.0 Å². The zero-order valence-corrected chi connectivity index (χ0v) is 15.7. The van der Waals surface area contributed by atoms with Crippen molar-refractivity contribution in [1.29, 1.82) is 0 Å². The van der Waals surface area contributed by atoms with Gasteiger partial charge in [-0.1, -0.05) is 18.2 Å². The number of benzene rings is 2. The molecule has 27 heavy (non-hydrogen) atoms. The van der Waals surface area contributed by atoms with Crippen molar-refractivity contribution in [1.82, 2.24) is 3.97 Å². The molecule has 0 atom stereocenters. The minimum atomic E-state index is -3.97. The lowest BCUT2D eigenvalue weighted by molar-refractivity contribution is 0.0525. The Bertz CT molecular complexity index is 1070. The van der Waals surface area contributed by atoms with Crippen LogP contribution in [0.4, 0.5) is 4.39 Å². The number of carbonyl (C=O) groups is 1. The van der Waals surface area contributed by atoms with Crippen LogP contribution in [0, 0.1) is 12.7 Å². The van der Waals surface area contributed by atoms with Gasteiger partial charge in [-0.15, -0.1) is 0 Å². The molecule has 0 fully saturated rings. The lowest BCUT2D eigenvalue weighted by Crippen LogP contribution is -2.16. The molecule has 2 aromatic carbocycles. The zero-order chi connectivity index (χ0) is 19.6. The zero-order valence-electron chi connectivity index (χ0n) is 14.8. The maximum atomic E-state index is 13.3. The summed E-state index contributed by atoms with van der Waals surface area (Å²) in [7, 11) is -3.97. The molecule has 0 aliphatic heterocycles. The summed E-state index contributed by atoms with van der Waals surface area (Å²) in [5.41, 5.74) is 1.11. The van der Waals surface area contributed by atoms with Crippen molar-refractivity contribution < 1.29 is 22.3 Å². The summed E-state index contributed by atoms with van der Waals surface area (Å²) in [5, 5.41) is 0. The van der Waals surface area contributed by atoms with Gasteiger partial charge >= 0.3 is 5.97 Å². The van der Waals surface area contributed by atoms with Crippen molar-refractivity contribution >= 4 is 16.0 Å². The van der Waals surface area contributed by atoms with Gasteiger partial charge in [-0.3, -0.25) is 0 Å². The summed E-state index contributed by atoms with van der Waals surface area (Å²) in [6.45, 7) is 3.38. The summed E-state index contributed by atoms with van der Waals surface area (Å²) >= 11 is 0. The Balaban J connectivity index is 2.28. The first-order valence-corrected chi connectivity index (χ1v) is 9.76. The van der Waals surface area contributed by atoms with Crippen LogP contribution >= 0.6 is 0 Å². The molecule has 0 N–H and O–H groups in total. The summed E-state index contributed by atoms with van der Waals surface area (Å²) in [6, 6.07) is 14.8. The van der Waals surface area contributed by atoms with Crippen molar-refractivity contribution in [3.05, 3.63) is 77.7 Å². The lowest BCUT2D eigenvalue weighted by atomic mass is 10.1. The van der Waals surface area contributed by atoms with Gasteiger partial charge in [0.1, 0.15) is 5.82 Å². The maximum Gasteiger partial charge on any atom is 0.340 e. The summed E-state index contributed by atoms with van der Waals surface area (Å²) in [6.07, 6.45) is 0. The Morgan fingerprint density at radius 2 is 1.70 bits per heavy atom. The van der Waals surface area contributed by atoms with Gasteiger partial charge in [-0.05, 0) is 61.9 Å². The highest BCUT2D eigenvalue weighted by molar-refractivity contribution is 7.90. The molecule has 0 spiro atoms. The van der Waals surface area contributed by atoms with E-state index in [0.717, 1.165) is 3.97 Å². The Kier molecular flexibility index (Phi) is 5.14. The maximum absolute atomic E-state index is 13.3. The normalized spacial score (nSPS) is 11.4. The van der Waals surface area contributed by atoms with Gasteiger partial charge in [0.05, 0.1) is 22.8 Å². The number of esters is 1. The first kappa shape index (κ1) is 18.8. The van der Waals surface area contributed by atoms with Crippen molar-refractivity contribution in [3.8, 4) is 11.3 Å². The largest absolute Gasteiger partial charge is 0.462 e. The van der Waals surface area contributed by atoms with Crippen LogP contribution in [0.2, 0.25) is 0 Å². The Labute approximate surface area is 157 Å². The second kappa shape index (κ2) is 7.36. The fourth-order valence-electron chi connectivity index (χ4n) is 2.83. The van der Waals surface area contributed by atoms with E-state index in [9.17, 15) is 17.6 Å². The predicted molar refractivity (Wildman–Crippen MR) is 99.5 cm³/mol. The molecule has 0 radical (unpaired) electrons. The van der Waals surface area contributed by atoms with E-state index < -0.39 is 21.8 Å². The van der Waals surface area contributed by atoms with Crippen LogP contribution in [-0.2, 0) is 14.8 Å². The molecule has 7 heteroatoms. The molecule has 3 aromatic rings. The third kappa shape index (κ3) is 3.50. The van der Waals surface area contributed by atoms with Crippen LogP contribution < -0.4 is 0 Å². The Morgan fingerprint density at radius 3 is 2.30 bits per heavy atom. The van der Waals surface area contributed by atoms with Gasteiger partial charge in [0.25, 0.3) is 10.0 Å². The van der Waals surface area contributed by atoms with Crippen LogP contribution in [0.3, 0.4) is 0 Å². The van der Waals surface area contributed by atoms with Crippen LogP contribution in [-0.4, -0.2) is 25.0 Å². The summed E-state index contributed by atoms with van der Waals surface area (Å²) in [5.74, 6) is -1.05. The van der Waals surface area contributed by atoms with E-state index in [1.165, 1.54) is 42.5 Å². The number of hydrogen-bond acceptors (Lipinski definition) is 4. The number of rotatable bonds is 5. The highest BCUT2D eigenvalue weighted by atomic mass is 32.2. The van der Waals surface area contributed by atoms with E-state index >= 15 is 0 Å². The first-order valence-electron chi connectivity index (χ1n) is 8.32. The minimum Gasteiger partial charge on any atom is -0.462 e. The molecule has 1 heterocycles. The average Bonchev–Trinajstić information content (AvgIpc) is 3.01. The molecule has 0 aliphatic rings. The number of hydrogen-bond donors (Lipinski definition) is 0. The molecule has 0 saturated carbocycles. The standard InChI is InChI=1S/C20H18FNO4S/c1-3-26-20(23)18-13-19(15-9-11-16(21)12-10-15)22(14(18)2)27(24,25)17-7-5-4-6-8-17/h4-13H,3H2,1-2H3. The number of aromatic nitrogens is 1. The summed E-state index contributed by atoms with van der Waals surface area (Å²) < 4.78 is 46.0. The first-order chi connectivity index (χ1) is 12.9. The molecule has 0 amide bonds. The fraction of sp³-hybridized carbons (Fsp3) is 0.150. The quantitative estimate of drug-likeness (QED) is 0.621. The second-order valence-corrected chi connectivity index (χ2v) is 7.63. The number of nitrogens with zero attached hydrogens (tertiary/aromatic N) is 1. The second-order valence-electron chi connectivity index (χ2n) is 5.84. The predicted octanol–water partition coefficient (Wildman–Crippen LogP) is 4.02. The Morgan fingerprint density at radius 1 is 1.07 bits per heavy atom. The van der Waals surface area contributed by atoms with Crippen molar-refractivity contribution in [2.24, 2.45) is 0 Å². The molecule has 5 nitrogen and oxygen atoms in total. The molecule has 0 bridgehead atoms. The molecule has 3 rings (SSSR count). The van der Waals surface area contributed by atoms with Gasteiger partial charge < -0.3 is 4.74 Å². The van der Waals surface area contributed by atoms with E-state index in [1.54, 1.807) is 32.0 Å². The molecular weight excluding hydrogens is 369 g/mol. The van der Waals surface area contributed by atoms with E-state index in [0.29, 0.717) is 5.56 Å². The SMILES string of the molecule is CCOC(=O)c1cc(-c2ccc(F)cc2)n(S(=O)(=O)c2ccccc2)c1C. The highest BCUT2D eigenvalue weighted by Gasteiger charge is 2.27. The van der Waals surface area contributed by atoms with Crippen LogP contribution in [0.5, 0.6) is 0 Å². The van der Waals surface area contributed by atoms with E-state index in [4.69, 9.17) is 4.74 Å².